The minimum absolute atomic E-state index is 0.120. The SMILES string of the molecule is CC1C=CC2(C)Cn3c(c(C#N)c4ncn(Cc5ccnc6ccccc56)c(=O)c43)N3CCCC1=C32. The van der Waals surface area contributed by atoms with E-state index in [-0.39, 0.29) is 11.0 Å². The van der Waals surface area contributed by atoms with Crippen LogP contribution in [-0.4, -0.2) is 25.6 Å². The van der Waals surface area contributed by atoms with E-state index in [1.165, 1.54) is 11.3 Å². The Balaban J connectivity index is 1.45. The molecule has 0 N–H and O–H groups in total. The quantitative estimate of drug-likeness (QED) is 0.392. The van der Waals surface area contributed by atoms with E-state index >= 15 is 0 Å². The molecule has 36 heavy (non-hydrogen) atoms. The third-order valence-corrected chi connectivity index (χ3v) is 8.18. The molecule has 178 valence electrons. The van der Waals surface area contributed by atoms with Crippen LogP contribution in [0.1, 0.15) is 37.8 Å². The number of aromatic nitrogens is 4. The topological polar surface area (TPSA) is 79.7 Å². The van der Waals surface area contributed by atoms with Crippen molar-refractivity contribution < 1.29 is 0 Å². The lowest BCUT2D eigenvalue weighted by atomic mass is 9.72. The summed E-state index contributed by atoms with van der Waals surface area (Å²) in [7, 11) is 0. The van der Waals surface area contributed by atoms with E-state index in [0.29, 0.717) is 35.6 Å². The first kappa shape index (κ1) is 21.1. The van der Waals surface area contributed by atoms with Gasteiger partial charge in [0.05, 0.1) is 18.4 Å². The van der Waals surface area contributed by atoms with Crippen molar-refractivity contribution in [3.8, 4) is 6.07 Å². The summed E-state index contributed by atoms with van der Waals surface area (Å²) < 4.78 is 3.73. The molecule has 0 saturated heterocycles. The second-order valence-corrected chi connectivity index (χ2v) is 10.5. The number of nitrogens with zero attached hydrogens (tertiary/aromatic N) is 6. The van der Waals surface area contributed by atoms with Crippen LogP contribution in [0.25, 0.3) is 21.9 Å². The molecular weight excluding hydrogens is 448 g/mol. The smallest absolute Gasteiger partial charge is 0.278 e. The highest BCUT2D eigenvalue weighted by Crippen LogP contribution is 2.52. The van der Waals surface area contributed by atoms with Gasteiger partial charge in [0.1, 0.15) is 28.5 Å². The molecule has 4 aromatic rings. The van der Waals surface area contributed by atoms with Gasteiger partial charge in [0.2, 0.25) is 0 Å². The first-order valence-corrected chi connectivity index (χ1v) is 12.5. The zero-order valence-corrected chi connectivity index (χ0v) is 20.4. The van der Waals surface area contributed by atoms with Gasteiger partial charge in [-0.2, -0.15) is 5.26 Å². The standard InChI is InChI=1S/C29H26N6O/c1-18-9-11-29(2)16-35-25-24(22(14-30)27(35)34-13-5-7-20(18)26(29)34)32-17-33(28(25)36)15-19-10-12-31-23-8-4-3-6-21(19)23/h3-4,6,8-12,17-18H,5,7,13,15-16H2,1-2H3. The van der Waals surface area contributed by atoms with Crippen molar-refractivity contribution in [2.75, 3.05) is 11.4 Å². The number of para-hydroxylation sites is 1. The van der Waals surface area contributed by atoms with Gasteiger partial charge in [0.25, 0.3) is 5.56 Å². The maximum Gasteiger partial charge on any atom is 0.278 e. The van der Waals surface area contributed by atoms with Gasteiger partial charge in [-0.25, -0.2) is 4.98 Å². The molecule has 7 heteroatoms. The van der Waals surface area contributed by atoms with Crippen LogP contribution < -0.4 is 10.5 Å². The summed E-state index contributed by atoms with van der Waals surface area (Å²) in [5, 5.41) is 11.2. The van der Waals surface area contributed by atoms with Gasteiger partial charge < -0.3 is 9.47 Å². The maximum absolute atomic E-state index is 14.0. The van der Waals surface area contributed by atoms with E-state index in [0.717, 1.165) is 41.7 Å². The van der Waals surface area contributed by atoms with Crippen LogP contribution >= 0.6 is 0 Å². The Bertz CT molecular complexity index is 1740. The molecule has 0 bridgehead atoms. The molecule has 0 radical (unpaired) electrons. The number of nitriles is 1. The van der Waals surface area contributed by atoms with E-state index in [1.807, 2.05) is 30.3 Å². The van der Waals surface area contributed by atoms with Gasteiger partial charge >= 0.3 is 0 Å². The first-order valence-electron chi connectivity index (χ1n) is 12.5. The van der Waals surface area contributed by atoms with Crippen LogP contribution in [0.2, 0.25) is 0 Å². The molecular formula is C29H26N6O. The summed E-state index contributed by atoms with van der Waals surface area (Å²) in [4.78, 5) is 25.4. The molecule has 2 atom stereocenters. The average Bonchev–Trinajstić information content (AvgIpc) is 3.22. The Hall–Kier alpha value is -4.18. The number of allylic oxidation sites excluding steroid dienone is 3. The van der Waals surface area contributed by atoms with Crippen LogP contribution in [0, 0.1) is 22.7 Å². The molecule has 0 amide bonds. The van der Waals surface area contributed by atoms with Crippen molar-refractivity contribution >= 4 is 27.8 Å². The van der Waals surface area contributed by atoms with E-state index in [2.05, 4.69) is 46.5 Å². The van der Waals surface area contributed by atoms with Gasteiger partial charge in [-0.1, -0.05) is 37.3 Å². The minimum Gasteiger partial charge on any atom is -0.329 e. The Kier molecular flexibility index (Phi) is 4.35. The lowest BCUT2D eigenvalue weighted by Crippen LogP contribution is -2.47. The van der Waals surface area contributed by atoms with Crippen LogP contribution in [0.15, 0.2) is 71.1 Å². The van der Waals surface area contributed by atoms with Crippen molar-refractivity contribution in [3.63, 3.8) is 0 Å². The molecule has 0 saturated carbocycles. The van der Waals surface area contributed by atoms with Crippen molar-refractivity contribution in [1.82, 2.24) is 19.1 Å². The number of rotatable bonds is 2. The second-order valence-electron chi connectivity index (χ2n) is 10.5. The van der Waals surface area contributed by atoms with Gasteiger partial charge in [-0.05, 0) is 49.0 Å². The fourth-order valence-electron chi connectivity index (χ4n) is 6.55. The van der Waals surface area contributed by atoms with E-state index in [9.17, 15) is 10.1 Å². The lowest BCUT2D eigenvalue weighted by molar-refractivity contribution is 0.359. The predicted molar refractivity (Wildman–Crippen MR) is 140 cm³/mol. The number of hydrogen-bond acceptors (Lipinski definition) is 5. The molecule has 2 aliphatic heterocycles. The molecule has 3 aromatic heterocycles. The molecule has 2 unspecified atom stereocenters. The van der Waals surface area contributed by atoms with Gasteiger partial charge in [0.15, 0.2) is 0 Å². The predicted octanol–water partition coefficient (Wildman–Crippen LogP) is 4.75. The number of benzene rings is 1. The fourth-order valence-corrected chi connectivity index (χ4v) is 6.55. The molecule has 1 aliphatic carbocycles. The third-order valence-electron chi connectivity index (χ3n) is 8.18. The normalized spacial score (nSPS) is 22.6. The van der Waals surface area contributed by atoms with E-state index < -0.39 is 0 Å². The monoisotopic (exact) mass is 474 g/mol. The number of fused-ring (bicyclic) bond motifs is 5. The lowest BCUT2D eigenvalue weighted by Gasteiger charge is -2.49. The van der Waals surface area contributed by atoms with Crippen LogP contribution in [0.4, 0.5) is 5.82 Å². The highest BCUT2D eigenvalue weighted by Gasteiger charge is 2.45. The van der Waals surface area contributed by atoms with Gasteiger partial charge in [0, 0.05) is 35.8 Å². The third kappa shape index (κ3) is 2.75. The molecule has 5 heterocycles. The van der Waals surface area contributed by atoms with Crippen molar-refractivity contribution in [2.45, 2.75) is 39.8 Å². The maximum atomic E-state index is 14.0. The zero-order chi connectivity index (χ0) is 24.6. The Morgan fingerprint density at radius 3 is 2.94 bits per heavy atom. The van der Waals surface area contributed by atoms with E-state index in [1.54, 1.807) is 17.1 Å². The van der Waals surface area contributed by atoms with Crippen LogP contribution in [-0.2, 0) is 13.1 Å². The van der Waals surface area contributed by atoms with Gasteiger partial charge in [-0.15, -0.1) is 0 Å². The summed E-state index contributed by atoms with van der Waals surface area (Å²) in [6.07, 6.45) is 10.1. The summed E-state index contributed by atoms with van der Waals surface area (Å²) in [6, 6.07) is 12.3. The van der Waals surface area contributed by atoms with Crippen molar-refractivity contribution in [1.29, 1.82) is 5.26 Å². The highest BCUT2D eigenvalue weighted by atomic mass is 16.1. The number of anilines is 1. The van der Waals surface area contributed by atoms with Crippen LogP contribution in [0.5, 0.6) is 0 Å². The highest BCUT2D eigenvalue weighted by molar-refractivity contribution is 5.91. The summed E-state index contributed by atoms with van der Waals surface area (Å²) in [5.74, 6) is 1.22. The number of pyridine rings is 1. The zero-order valence-electron chi connectivity index (χ0n) is 20.4. The Morgan fingerprint density at radius 1 is 1.22 bits per heavy atom. The molecule has 0 spiro atoms. The molecule has 1 aromatic carbocycles. The van der Waals surface area contributed by atoms with Gasteiger partial charge in [-0.3, -0.25) is 14.3 Å². The van der Waals surface area contributed by atoms with E-state index in [4.69, 9.17) is 4.98 Å². The first-order chi connectivity index (χ1) is 17.5. The van der Waals surface area contributed by atoms with Crippen LogP contribution in [0.3, 0.4) is 0 Å². The Labute approximate surface area is 208 Å². The fraction of sp³-hybridized carbons (Fsp3) is 0.310. The number of hydrogen-bond donors (Lipinski definition) is 0. The largest absolute Gasteiger partial charge is 0.329 e. The summed E-state index contributed by atoms with van der Waals surface area (Å²) in [5.41, 5.74) is 5.87. The second kappa shape index (κ2) is 7.41. The summed E-state index contributed by atoms with van der Waals surface area (Å²) >= 11 is 0. The average molecular weight is 475 g/mol. The van der Waals surface area contributed by atoms with Crippen molar-refractivity contribution in [2.24, 2.45) is 11.3 Å². The summed E-state index contributed by atoms with van der Waals surface area (Å²) in [6.45, 7) is 6.36. The molecule has 7 nitrogen and oxygen atoms in total. The Morgan fingerprint density at radius 2 is 2.08 bits per heavy atom. The molecule has 7 rings (SSSR count). The van der Waals surface area contributed by atoms with Crippen molar-refractivity contribution in [3.05, 3.63) is 87.8 Å². The molecule has 0 fully saturated rings. The minimum atomic E-state index is -0.220. The molecule has 3 aliphatic rings.